The molecule has 4 aliphatic carbocycles. The Labute approximate surface area is 548 Å². The Morgan fingerprint density at radius 1 is 0.330 bits per heavy atom. The van der Waals surface area contributed by atoms with Crippen LogP contribution in [0.3, 0.4) is 0 Å². The van der Waals surface area contributed by atoms with Crippen LogP contribution in [0.15, 0.2) is 243 Å². The SMILES string of the molecule is CC12C3C[C@@H]1CC[C@]2(C)C31O[C@@H]2[C@H](O1)[C@H](OP(=O)(OCc1ccccc1)OCc1ccccc1)[C@@H](OP(=O)(OCc1ccccc1)OCc1ccccc1)[C@H](OP(=O)(OCc1ccccc1)OCc1ccccc1)[C@H]2OP(=O)(OCc1ccccc1)OCc1ccccc1. The van der Waals surface area contributed by atoms with E-state index in [4.69, 9.17) is 63.8 Å². The largest absolute Gasteiger partial charge is 0.475 e. The van der Waals surface area contributed by atoms with E-state index >= 15 is 18.3 Å². The Balaban J connectivity index is 1.01. The van der Waals surface area contributed by atoms with Gasteiger partial charge < -0.3 is 9.47 Å². The summed E-state index contributed by atoms with van der Waals surface area (Å²) in [5.41, 5.74) is 3.85. The summed E-state index contributed by atoms with van der Waals surface area (Å²) in [6, 6.07) is 72.0. The molecule has 5 fully saturated rings. The molecule has 4 saturated carbocycles. The van der Waals surface area contributed by atoms with Crippen molar-refractivity contribution in [1.29, 1.82) is 0 Å². The molecule has 0 N–H and O–H groups in total. The molecule has 0 radical (unpaired) electrons. The van der Waals surface area contributed by atoms with E-state index in [1.54, 1.807) is 146 Å². The van der Waals surface area contributed by atoms with E-state index in [1.807, 2.05) is 97.1 Å². The lowest BCUT2D eigenvalue weighted by Gasteiger charge is -2.76. The molecule has 1 heterocycles. The molecule has 0 aromatic heterocycles. The fraction of sp³-hybridized carbons (Fsp3) is 0.333. The summed E-state index contributed by atoms with van der Waals surface area (Å²) in [4.78, 5) is 0. The molecule has 0 amide bonds. The molecule has 18 nitrogen and oxygen atoms in total. The van der Waals surface area contributed by atoms with Crippen molar-refractivity contribution in [2.45, 2.75) is 128 Å². The predicted octanol–water partition coefficient (Wildman–Crippen LogP) is 17.6. The first-order valence-electron chi connectivity index (χ1n) is 31.6. The summed E-state index contributed by atoms with van der Waals surface area (Å²) in [5.74, 6) is -1.31. The second-order valence-electron chi connectivity index (χ2n) is 24.6. The van der Waals surface area contributed by atoms with Crippen LogP contribution in [-0.4, -0.2) is 42.4 Å². The molecule has 0 bridgehead atoms. The van der Waals surface area contributed by atoms with Crippen LogP contribution in [0.1, 0.15) is 77.6 Å². The first-order valence-corrected chi connectivity index (χ1v) is 37.5. The first-order chi connectivity index (χ1) is 45.6. The molecule has 1 saturated heterocycles. The van der Waals surface area contributed by atoms with Gasteiger partial charge in [-0.05, 0) is 75.1 Å². The van der Waals surface area contributed by atoms with Crippen LogP contribution in [-0.2, 0) is 135 Å². The monoisotopic (exact) mass is 1350 g/mol. The highest BCUT2D eigenvalue weighted by atomic mass is 31.2. The van der Waals surface area contributed by atoms with Crippen molar-refractivity contribution in [3.63, 3.8) is 0 Å². The number of rotatable bonds is 32. The number of fused-ring (bicyclic) bond motifs is 3. The van der Waals surface area contributed by atoms with Crippen molar-refractivity contribution in [3.8, 4) is 0 Å². The number of phosphoric acid groups is 4. The molecule has 8 aromatic rings. The maximum atomic E-state index is 16.5. The van der Waals surface area contributed by atoms with Gasteiger partial charge >= 0.3 is 31.3 Å². The van der Waals surface area contributed by atoms with Crippen molar-refractivity contribution in [2.24, 2.45) is 22.7 Å². The van der Waals surface area contributed by atoms with Crippen LogP contribution < -0.4 is 0 Å². The smallest absolute Gasteiger partial charge is 0.340 e. The second-order valence-corrected chi connectivity index (χ2v) is 31.1. The van der Waals surface area contributed by atoms with Gasteiger partial charge in [0, 0.05) is 11.3 Å². The second kappa shape index (κ2) is 29.1. The van der Waals surface area contributed by atoms with E-state index in [-0.39, 0.29) is 64.2 Å². The van der Waals surface area contributed by atoms with Crippen molar-refractivity contribution < 1.29 is 82.0 Å². The van der Waals surface area contributed by atoms with Crippen LogP contribution in [0.25, 0.3) is 0 Å². The van der Waals surface area contributed by atoms with Gasteiger partial charge in [0.25, 0.3) is 0 Å². The molecule has 492 valence electrons. The average Bonchev–Trinajstić information content (AvgIpc) is 1.35. The number of benzene rings is 8. The Morgan fingerprint density at radius 3 is 0.766 bits per heavy atom. The molecule has 11 atom stereocenters. The molecule has 22 heteroatoms. The van der Waals surface area contributed by atoms with Gasteiger partial charge in [0.2, 0.25) is 0 Å². The number of phosphoric ester groups is 4. The number of hydrogen-bond acceptors (Lipinski definition) is 18. The summed E-state index contributed by atoms with van der Waals surface area (Å²) in [5, 5.41) is 0. The van der Waals surface area contributed by atoms with Gasteiger partial charge in [0.05, 0.1) is 52.9 Å². The lowest BCUT2D eigenvalue weighted by atomic mass is 9.32. The van der Waals surface area contributed by atoms with Crippen molar-refractivity contribution in [3.05, 3.63) is 287 Å². The van der Waals surface area contributed by atoms with E-state index in [2.05, 4.69) is 13.8 Å². The molecular weight excluding hydrogens is 1280 g/mol. The molecule has 94 heavy (non-hydrogen) atoms. The third-order valence-corrected chi connectivity index (χ3v) is 24.5. The number of ether oxygens (including phenoxy) is 2. The Kier molecular flexibility index (Phi) is 20.6. The highest BCUT2D eigenvalue weighted by Crippen LogP contribution is 2.87. The minimum Gasteiger partial charge on any atom is -0.340 e. The van der Waals surface area contributed by atoms with Gasteiger partial charge in [0.1, 0.15) is 36.6 Å². The van der Waals surface area contributed by atoms with Crippen LogP contribution >= 0.6 is 31.3 Å². The Bertz CT molecular complexity index is 3530. The van der Waals surface area contributed by atoms with Crippen LogP contribution in [0.5, 0.6) is 0 Å². The third-order valence-electron chi connectivity index (χ3n) is 18.9. The highest BCUT2D eigenvalue weighted by Gasteiger charge is 2.89. The van der Waals surface area contributed by atoms with Gasteiger partial charge in [0.15, 0.2) is 5.79 Å². The standard InChI is InChI=1S/C72H76O18P4/c1-70-44-43-62-45-63(71(62,70)2)72(70)85-64-65(86-72)67(88-92(74,79-48-56-31-15-5-16-32-56)80-49-57-33-17-6-18-34-57)69(90-94(76,83-52-60-39-23-9-24-40-60)84-53-61-41-25-10-26-42-61)68(89-93(75,81-50-58-35-19-7-20-36-58)82-51-59-37-21-8-22-38-59)66(64)87-91(73,77-46-54-27-11-3-12-28-54)78-47-55-29-13-4-14-30-55/h3-42,62-69H,43-53H2,1-2H3/t62-,63?,64-,65+,66-,67-,68+,69+,70-,71?,72?/m0/s1. The first kappa shape index (κ1) is 66.7. The topological polar surface area (TPSA) is 197 Å². The zero-order valence-corrected chi connectivity index (χ0v) is 55.7. The summed E-state index contributed by atoms with van der Waals surface area (Å²) in [7, 11) is -20.4. The summed E-state index contributed by atoms with van der Waals surface area (Å²) in [6.07, 6.45) is -8.66. The fourth-order valence-electron chi connectivity index (χ4n) is 13.8. The zero-order valence-electron chi connectivity index (χ0n) is 52.1. The molecule has 3 unspecified atom stereocenters. The lowest BCUT2D eigenvalue weighted by Crippen LogP contribution is -2.80. The summed E-state index contributed by atoms with van der Waals surface area (Å²) in [6.45, 7) is 1.88. The molecular formula is C72H76O18P4. The molecule has 1 aliphatic heterocycles. The van der Waals surface area contributed by atoms with Crippen LogP contribution in [0, 0.1) is 22.7 Å². The lowest BCUT2D eigenvalue weighted by molar-refractivity contribution is -0.439. The van der Waals surface area contributed by atoms with Gasteiger partial charge in [-0.3, -0.25) is 54.3 Å². The molecule has 13 rings (SSSR count). The molecule has 5 aliphatic rings. The number of hydrogen-bond donors (Lipinski definition) is 0. The molecule has 8 aromatic carbocycles. The Hall–Kier alpha value is -5.88. The van der Waals surface area contributed by atoms with Crippen molar-refractivity contribution in [1.82, 2.24) is 0 Å². The van der Waals surface area contributed by atoms with E-state index in [9.17, 15) is 0 Å². The van der Waals surface area contributed by atoms with Crippen LogP contribution in [0.2, 0.25) is 0 Å². The van der Waals surface area contributed by atoms with Crippen molar-refractivity contribution in [2.75, 3.05) is 0 Å². The maximum Gasteiger partial charge on any atom is 0.475 e. The Morgan fingerprint density at radius 2 is 0.543 bits per heavy atom. The fourth-order valence-corrected chi connectivity index (χ4v) is 19.2. The van der Waals surface area contributed by atoms with Crippen molar-refractivity contribution >= 4 is 31.3 Å². The van der Waals surface area contributed by atoms with Gasteiger partial charge in [-0.25, -0.2) is 18.3 Å². The zero-order chi connectivity index (χ0) is 64.7. The third kappa shape index (κ3) is 14.7. The maximum absolute atomic E-state index is 16.5. The summed E-state index contributed by atoms with van der Waals surface area (Å²) >= 11 is 0. The average molecular weight is 1350 g/mol. The minimum absolute atomic E-state index is 0.224. The van der Waals surface area contributed by atoms with E-state index in [0.29, 0.717) is 56.8 Å². The molecule has 1 spiro atoms. The summed E-state index contributed by atoms with van der Waals surface area (Å²) < 4.78 is 161. The normalized spacial score (nSPS) is 26.3. The van der Waals surface area contributed by atoms with E-state index in [1.165, 1.54) is 0 Å². The predicted molar refractivity (Wildman–Crippen MR) is 349 cm³/mol. The minimum atomic E-state index is -5.15. The highest BCUT2D eigenvalue weighted by molar-refractivity contribution is 7.49. The van der Waals surface area contributed by atoms with Gasteiger partial charge in [-0.2, -0.15) is 0 Å². The van der Waals surface area contributed by atoms with Crippen LogP contribution in [0.4, 0.5) is 0 Å². The van der Waals surface area contributed by atoms with Gasteiger partial charge in [-0.1, -0.05) is 257 Å². The van der Waals surface area contributed by atoms with Gasteiger partial charge in [-0.15, -0.1) is 0 Å². The quantitative estimate of drug-likeness (QED) is 0.0360. The van der Waals surface area contributed by atoms with E-state index in [0.717, 1.165) is 12.8 Å². The van der Waals surface area contributed by atoms with E-state index < -0.39 is 79.1 Å².